The van der Waals surface area contributed by atoms with E-state index >= 15 is 0 Å². The van der Waals surface area contributed by atoms with Crippen LogP contribution in [-0.4, -0.2) is 97.3 Å². The first kappa shape index (κ1) is 31.0. The Morgan fingerprint density at radius 1 is 0.667 bits per heavy atom. The number of nitrogens with zero attached hydrogens (tertiary/aromatic N) is 1. The Hall–Kier alpha value is -2.49. The summed E-state index contributed by atoms with van der Waals surface area (Å²) in [5.41, 5.74) is 4.84. The minimum absolute atomic E-state index is 0.0550. The molecule has 8 nitrogen and oxygen atoms in total. The van der Waals surface area contributed by atoms with Crippen LogP contribution in [0.15, 0.2) is 48.5 Å². The van der Waals surface area contributed by atoms with E-state index < -0.39 is 0 Å². The summed E-state index contributed by atoms with van der Waals surface area (Å²) in [5.74, 6) is 0.0550. The van der Waals surface area contributed by atoms with Crippen molar-refractivity contribution in [2.75, 3.05) is 86.3 Å². The molecule has 0 radical (unpaired) electrons. The van der Waals surface area contributed by atoms with Gasteiger partial charge >= 0.3 is 6.09 Å². The fourth-order valence-electron chi connectivity index (χ4n) is 4.43. The first-order valence-electron chi connectivity index (χ1n) is 14.2. The first-order chi connectivity index (χ1) is 19.2. The number of unbranched alkanes of at least 4 members (excludes halogenated alkanes) is 2. The zero-order chi connectivity index (χ0) is 27.5. The van der Waals surface area contributed by atoms with E-state index in [0.717, 1.165) is 13.0 Å². The summed E-state index contributed by atoms with van der Waals surface area (Å²) in [5, 5.41) is 0. The van der Waals surface area contributed by atoms with Gasteiger partial charge in [-0.1, -0.05) is 68.3 Å². The molecule has 0 bridgehead atoms. The molecule has 2 aromatic carbocycles. The molecule has 0 aliphatic heterocycles. The summed E-state index contributed by atoms with van der Waals surface area (Å²) in [6.45, 7) is 8.45. The van der Waals surface area contributed by atoms with E-state index in [0.29, 0.717) is 72.6 Å². The van der Waals surface area contributed by atoms with Gasteiger partial charge in [0, 0.05) is 26.1 Å². The molecule has 39 heavy (non-hydrogen) atoms. The lowest BCUT2D eigenvalue weighted by atomic mass is 9.98. The third-order valence-corrected chi connectivity index (χ3v) is 6.60. The fourth-order valence-corrected chi connectivity index (χ4v) is 4.43. The zero-order valence-corrected chi connectivity index (χ0v) is 23.6. The van der Waals surface area contributed by atoms with Gasteiger partial charge in [0.05, 0.1) is 59.5 Å². The Kier molecular flexibility index (Phi) is 14.9. The van der Waals surface area contributed by atoms with E-state index in [1.807, 2.05) is 24.3 Å². The molecule has 1 amide bonds. The maximum absolute atomic E-state index is 12.5. The molecule has 2 aromatic rings. The smallest absolute Gasteiger partial charge is 0.409 e. The number of benzene rings is 2. The summed E-state index contributed by atoms with van der Waals surface area (Å²) < 4.78 is 33.2. The van der Waals surface area contributed by atoms with Crippen LogP contribution in [0.25, 0.3) is 11.1 Å². The molecular formula is C31H45NO7. The lowest BCUT2D eigenvalue weighted by Crippen LogP contribution is -2.32. The molecule has 216 valence electrons. The quantitative estimate of drug-likeness (QED) is 0.202. The van der Waals surface area contributed by atoms with Crippen LogP contribution in [0.5, 0.6) is 0 Å². The minimum Gasteiger partial charge on any atom is -0.448 e. The van der Waals surface area contributed by atoms with Crippen LogP contribution in [0.4, 0.5) is 4.79 Å². The van der Waals surface area contributed by atoms with Crippen LogP contribution < -0.4 is 0 Å². The third kappa shape index (κ3) is 10.9. The molecule has 0 heterocycles. The maximum atomic E-state index is 12.5. The number of fused-ring (bicyclic) bond motifs is 3. The topological polar surface area (TPSA) is 75.7 Å². The Bertz CT molecular complexity index is 909. The number of ether oxygens (including phenoxy) is 6. The minimum atomic E-state index is -0.350. The van der Waals surface area contributed by atoms with Gasteiger partial charge in [-0.2, -0.15) is 0 Å². The summed E-state index contributed by atoms with van der Waals surface area (Å²) >= 11 is 0. The number of carbonyl (C=O) groups excluding carboxylic acids is 1. The van der Waals surface area contributed by atoms with Gasteiger partial charge in [-0.25, -0.2) is 4.79 Å². The number of hydrogen-bond donors (Lipinski definition) is 0. The van der Waals surface area contributed by atoms with Gasteiger partial charge in [0.15, 0.2) is 0 Å². The average Bonchev–Trinajstić information content (AvgIpc) is 3.28. The highest BCUT2D eigenvalue weighted by Crippen LogP contribution is 2.44. The second kappa shape index (κ2) is 18.7. The summed E-state index contributed by atoms with van der Waals surface area (Å²) in [6.07, 6.45) is 3.18. The van der Waals surface area contributed by atoms with Gasteiger partial charge in [-0.05, 0) is 28.7 Å². The van der Waals surface area contributed by atoms with Crippen molar-refractivity contribution >= 4 is 6.09 Å². The van der Waals surface area contributed by atoms with Crippen LogP contribution in [0.2, 0.25) is 0 Å². The molecule has 3 rings (SSSR count). The molecule has 0 fully saturated rings. The zero-order valence-electron chi connectivity index (χ0n) is 23.6. The van der Waals surface area contributed by atoms with Crippen molar-refractivity contribution in [1.82, 2.24) is 4.90 Å². The number of carbonyl (C=O) groups is 1. The number of rotatable bonds is 21. The van der Waals surface area contributed by atoms with Crippen LogP contribution in [0, 0.1) is 0 Å². The van der Waals surface area contributed by atoms with Crippen LogP contribution in [0.3, 0.4) is 0 Å². The summed E-state index contributed by atoms with van der Waals surface area (Å²) in [6, 6.07) is 16.6. The standard InChI is InChI=1S/C31H45NO7/c1-3-4-9-15-34-17-19-36-21-23-38-24-22-37-20-18-35-16-14-32(2)31(33)39-25-30-28-12-7-5-10-26(28)27-11-6-8-13-29(27)30/h5-8,10-13,30H,3-4,9,14-25H2,1-2H3. The van der Waals surface area contributed by atoms with E-state index in [1.165, 1.54) is 35.1 Å². The largest absolute Gasteiger partial charge is 0.448 e. The first-order valence-corrected chi connectivity index (χ1v) is 14.2. The lowest BCUT2D eigenvalue weighted by Gasteiger charge is -2.19. The molecule has 1 aliphatic carbocycles. The highest BCUT2D eigenvalue weighted by molar-refractivity contribution is 5.79. The number of hydrogen-bond acceptors (Lipinski definition) is 7. The summed E-state index contributed by atoms with van der Waals surface area (Å²) in [4.78, 5) is 14.1. The second-order valence-electron chi connectivity index (χ2n) is 9.49. The summed E-state index contributed by atoms with van der Waals surface area (Å²) in [7, 11) is 1.72. The third-order valence-electron chi connectivity index (χ3n) is 6.60. The number of likely N-dealkylation sites (N-methyl/N-ethyl adjacent to an activating group) is 1. The molecule has 1 aliphatic rings. The molecule has 0 saturated heterocycles. The highest BCUT2D eigenvalue weighted by Gasteiger charge is 2.29. The van der Waals surface area contributed by atoms with Crippen LogP contribution in [-0.2, 0) is 28.4 Å². The molecule has 0 N–H and O–H groups in total. The Morgan fingerprint density at radius 2 is 1.13 bits per heavy atom. The van der Waals surface area contributed by atoms with Crippen molar-refractivity contribution in [3.63, 3.8) is 0 Å². The van der Waals surface area contributed by atoms with Crippen molar-refractivity contribution in [2.45, 2.75) is 32.1 Å². The van der Waals surface area contributed by atoms with Crippen LogP contribution in [0.1, 0.15) is 43.2 Å². The van der Waals surface area contributed by atoms with E-state index in [-0.39, 0.29) is 12.0 Å². The molecule has 0 unspecified atom stereocenters. The fraction of sp³-hybridized carbons (Fsp3) is 0.581. The lowest BCUT2D eigenvalue weighted by molar-refractivity contribution is -0.0121. The molecule has 0 atom stereocenters. The predicted molar refractivity (Wildman–Crippen MR) is 151 cm³/mol. The van der Waals surface area contributed by atoms with Gasteiger partial charge in [-0.15, -0.1) is 0 Å². The highest BCUT2D eigenvalue weighted by atomic mass is 16.6. The molecule has 8 heteroatoms. The van der Waals surface area contributed by atoms with Gasteiger partial charge in [0.2, 0.25) is 0 Å². The van der Waals surface area contributed by atoms with Gasteiger partial charge in [0.25, 0.3) is 0 Å². The second-order valence-corrected chi connectivity index (χ2v) is 9.49. The molecule has 0 spiro atoms. The van der Waals surface area contributed by atoms with Crippen molar-refractivity contribution < 1.29 is 33.2 Å². The SMILES string of the molecule is CCCCCOCCOCCOCCOCCOCCN(C)C(=O)OCC1c2ccccc2-c2ccccc21. The van der Waals surface area contributed by atoms with Crippen molar-refractivity contribution in [3.8, 4) is 11.1 Å². The van der Waals surface area contributed by atoms with Gasteiger partial charge in [-0.3, -0.25) is 0 Å². The van der Waals surface area contributed by atoms with Crippen molar-refractivity contribution in [3.05, 3.63) is 59.7 Å². The van der Waals surface area contributed by atoms with Gasteiger partial charge < -0.3 is 33.3 Å². The van der Waals surface area contributed by atoms with E-state index in [4.69, 9.17) is 28.4 Å². The van der Waals surface area contributed by atoms with Gasteiger partial charge in [0.1, 0.15) is 6.61 Å². The van der Waals surface area contributed by atoms with E-state index in [1.54, 1.807) is 11.9 Å². The van der Waals surface area contributed by atoms with Crippen LogP contribution >= 0.6 is 0 Å². The Balaban J connectivity index is 1.14. The molecule has 0 aromatic heterocycles. The predicted octanol–water partition coefficient (Wildman–Crippen LogP) is 5.14. The van der Waals surface area contributed by atoms with Crippen molar-refractivity contribution in [1.29, 1.82) is 0 Å². The molecule has 0 saturated carbocycles. The average molecular weight is 544 g/mol. The normalized spacial score (nSPS) is 12.4. The Labute approximate surface area is 233 Å². The van der Waals surface area contributed by atoms with Crippen molar-refractivity contribution in [2.24, 2.45) is 0 Å². The molecular weight excluding hydrogens is 498 g/mol. The maximum Gasteiger partial charge on any atom is 0.409 e. The van der Waals surface area contributed by atoms with E-state index in [9.17, 15) is 4.79 Å². The monoisotopic (exact) mass is 543 g/mol. The Morgan fingerprint density at radius 3 is 1.64 bits per heavy atom. The van der Waals surface area contributed by atoms with E-state index in [2.05, 4.69) is 31.2 Å². The number of amides is 1.